The van der Waals surface area contributed by atoms with Gasteiger partial charge in [-0.15, -0.1) is 5.10 Å². The number of nitrogens with zero attached hydrogens (tertiary/aromatic N) is 3. The summed E-state index contributed by atoms with van der Waals surface area (Å²) in [5.74, 6) is -0.839. The first-order chi connectivity index (χ1) is 7.54. The molecule has 0 fully saturated rings. The van der Waals surface area contributed by atoms with Gasteiger partial charge in [-0.1, -0.05) is 0 Å². The number of aromatic nitrogens is 3. The van der Waals surface area contributed by atoms with Crippen LogP contribution >= 0.6 is 0 Å². The van der Waals surface area contributed by atoms with E-state index in [2.05, 4.69) is 10.1 Å². The molecule has 0 saturated heterocycles. The van der Waals surface area contributed by atoms with Crippen LogP contribution in [-0.4, -0.2) is 49.7 Å². The lowest BCUT2D eigenvalue weighted by Gasteiger charge is -2.17. The van der Waals surface area contributed by atoms with E-state index in [1.807, 2.05) is 0 Å². The van der Waals surface area contributed by atoms with E-state index in [0.29, 0.717) is 0 Å². The van der Waals surface area contributed by atoms with E-state index in [-0.39, 0.29) is 19.2 Å². The van der Waals surface area contributed by atoms with Crippen LogP contribution in [0.3, 0.4) is 0 Å². The van der Waals surface area contributed by atoms with Crippen LogP contribution in [-0.2, 0) is 11.5 Å². The number of primary amides is 1. The van der Waals surface area contributed by atoms with Crippen molar-refractivity contribution >= 4 is 5.91 Å². The third kappa shape index (κ3) is 3.26. The molecule has 4 N–H and O–H groups in total. The second-order valence-electron chi connectivity index (χ2n) is 3.23. The fourth-order valence-electron chi connectivity index (χ4n) is 0.986. The van der Waals surface area contributed by atoms with Crippen molar-refractivity contribution in [2.75, 3.05) is 6.61 Å². The van der Waals surface area contributed by atoms with Gasteiger partial charge in [-0.05, 0) is 6.92 Å². The van der Waals surface area contributed by atoms with Gasteiger partial charge in [0.05, 0.1) is 12.7 Å². The van der Waals surface area contributed by atoms with Gasteiger partial charge in [0.1, 0.15) is 19.2 Å². The zero-order valence-corrected chi connectivity index (χ0v) is 8.78. The summed E-state index contributed by atoms with van der Waals surface area (Å²) in [6.07, 6.45) is -0.235. The molecule has 1 amide bonds. The Morgan fingerprint density at radius 3 is 2.88 bits per heavy atom. The molecule has 0 aliphatic carbocycles. The quantitative estimate of drug-likeness (QED) is 0.524. The highest BCUT2D eigenvalue weighted by molar-refractivity contribution is 5.88. The maximum absolute atomic E-state index is 10.7. The van der Waals surface area contributed by atoms with Crippen molar-refractivity contribution in [3.8, 4) is 0 Å². The van der Waals surface area contributed by atoms with E-state index in [9.17, 15) is 9.90 Å². The highest BCUT2D eigenvalue weighted by Gasteiger charge is 2.15. The number of nitrogens with two attached hydrogens (primary N) is 1. The molecule has 2 atom stereocenters. The molecule has 0 saturated carbocycles. The maximum atomic E-state index is 10.7. The topological polar surface area (TPSA) is 123 Å². The van der Waals surface area contributed by atoms with Crippen LogP contribution in [0.2, 0.25) is 0 Å². The van der Waals surface area contributed by atoms with Crippen LogP contribution in [0.5, 0.6) is 0 Å². The van der Waals surface area contributed by atoms with Gasteiger partial charge in [0.15, 0.2) is 0 Å². The SMILES string of the molecule is CC(O)C(CO)OCn1cnc(C(N)=O)n1. The van der Waals surface area contributed by atoms with E-state index >= 15 is 0 Å². The fourth-order valence-corrected chi connectivity index (χ4v) is 0.986. The molecule has 8 heteroatoms. The van der Waals surface area contributed by atoms with Crippen molar-refractivity contribution in [1.29, 1.82) is 0 Å². The largest absolute Gasteiger partial charge is 0.394 e. The number of ether oxygens (including phenoxy) is 1. The van der Waals surface area contributed by atoms with Gasteiger partial charge in [-0.2, -0.15) is 0 Å². The lowest BCUT2D eigenvalue weighted by Crippen LogP contribution is -2.30. The summed E-state index contributed by atoms with van der Waals surface area (Å²) in [6, 6.07) is 0. The molecule has 2 unspecified atom stereocenters. The molecule has 90 valence electrons. The molecule has 8 nitrogen and oxygen atoms in total. The lowest BCUT2D eigenvalue weighted by atomic mass is 10.2. The molecule has 0 bridgehead atoms. The number of carbonyl (C=O) groups excluding carboxylic acids is 1. The Kier molecular flexibility index (Phi) is 4.35. The molecule has 0 radical (unpaired) electrons. The number of aliphatic hydroxyl groups excluding tert-OH is 2. The first kappa shape index (κ1) is 12.6. The highest BCUT2D eigenvalue weighted by atomic mass is 16.5. The average Bonchev–Trinajstić information content (AvgIpc) is 2.67. The monoisotopic (exact) mass is 230 g/mol. The summed E-state index contributed by atoms with van der Waals surface area (Å²) in [6.45, 7) is 1.16. The van der Waals surface area contributed by atoms with Crippen LogP contribution in [0.1, 0.15) is 17.5 Å². The zero-order chi connectivity index (χ0) is 12.1. The molecule has 16 heavy (non-hydrogen) atoms. The molecule has 1 heterocycles. The van der Waals surface area contributed by atoms with Gasteiger partial charge in [-0.25, -0.2) is 9.67 Å². The number of hydrogen-bond acceptors (Lipinski definition) is 6. The molecule has 0 aliphatic heterocycles. The standard InChI is InChI=1S/C8H14N4O4/c1-5(14)6(2-13)16-4-12-3-10-8(11-12)7(9)15/h3,5-6,13-14H,2,4H2,1H3,(H2,9,15). The predicted molar refractivity (Wildman–Crippen MR) is 52.2 cm³/mol. The Bertz CT molecular complexity index is 352. The summed E-state index contributed by atoms with van der Waals surface area (Å²) in [7, 11) is 0. The maximum Gasteiger partial charge on any atom is 0.288 e. The summed E-state index contributed by atoms with van der Waals surface area (Å²) in [5, 5.41) is 21.8. The van der Waals surface area contributed by atoms with Gasteiger partial charge in [-0.3, -0.25) is 4.79 Å². The van der Waals surface area contributed by atoms with Crippen molar-refractivity contribution < 1.29 is 19.7 Å². The first-order valence-corrected chi connectivity index (χ1v) is 4.64. The van der Waals surface area contributed by atoms with Crippen molar-refractivity contribution in [3.63, 3.8) is 0 Å². The lowest BCUT2D eigenvalue weighted by molar-refractivity contribution is -0.0842. The van der Waals surface area contributed by atoms with Gasteiger partial charge >= 0.3 is 0 Å². The van der Waals surface area contributed by atoms with Gasteiger partial charge in [0.2, 0.25) is 5.82 Å². The molecular weight excluding hydrogens is 216 g/mol. The van der Waals surface area contributed by atoms with E-state index in [1.54, 1.807) is 0 Å². The predicted octanol–water partition coefficient (Wildman–Crippen LogP) is -1.91. The number of aliphatic hydroxyl groups is 2. The van der Waals surface area contributed by atoms with Crippen molar-refractivity contribution in [2.45, 2.75) is 25.9 Å². The van der Waals surface area contributed by atoms with Crippen LogP contribution in [0, 0.1) is 0 Å². The van der Waals surface area contributed by atoms with Crippen molar-refractivity contribution in [1.82, 2.24) is 14.8 Å². The normalized spacial score (nSPS) is 14.7. The van der Waals surface area contributed by atoms with Gasteiger partial charge < -0.3 is 20.7 Å². The third-order valence-electron chi connectivity index (χ3n) is 1.90. The molecule has 1 aromatic heterocycles. The van der Waals surface area contributed by atoms with Crippen molar-refractivity contribution in [2.24, 2.45) is 5.73 Å². The second kappa shape index (κ2) is 5.54. The number of hydrogen-bond donors (Lipinski definition) is 3. The Morgan fingerprint density at radius 2 is 2.44 bits per heavy atom. The smallest absolute Gasteiger partial charge is 0.288 e. The first-order valence-electron chi connectivity index (χ1n) is 4.64. The van der Waals surface area contributed by atoms with E-state index in [1.165, 1.54) is 17.9 Å². The zero-order valence-electron chi connectivity index (χ0n) is 8.78. The van der Waals surface area contributed by atoms with E-state index in [4.69, 9.17) is 15.6 Å². The molecule has 0 aromatic carbocycles. The van der Waals surface area contributed by atoms with Crippen LogP contribution in [0.15, 0.2) is 6.33 Å². The fraction of sp³-hybridized carbons (Fsp3) is 0.625. The minimum Gasteiger partial charge on any atom is -0.394 e. The minimum absolute atomic E-state index is 0.0313. The Morgan fingerprint density at radius 1 is 1.75 bits per heavy atom. The van der Waals surface area contributed by atoms with E-state index < -0.39 is 18.1 Å². The van der Waals surface area contributed by atoms with Crippen LogP contribution in [0.4, 0.5) is 0 Å². The Labute approximate surface area is 91.7 Å². The van der Waals surface area contributed by atoms with Crippen LogP contribution in [0.25, 0.3) is 0 Å². The molecule has 0 aliphatic rings. The Hall–Kier alpha value is -1.51. The third-order valence-corrected chi connectivity index (χ3v) is 1.90. The highest BCUT2D eigenvalue weighted by Crippen LogP contribution is 2.00. The molecule has 1 aromatic rings. The summed E-state index contributed by atoms with van der Waals surface area (Å²) in [5.41, 5.74) is 4.96. The number of amides is 1. The van der Waals surface area contributed by atoms with Gasteiger partial charge in [0, 0.05) is 0 Å². The van der Waals surface area contributed by atoms with E-state index in [0.717, 1.165) is 0 Å². The van der Waals surface area contributed by atoms with Crippen molar-refractivity contribution in [3.05, 3.63) is 12.2 Å². The summed E-state index contributed by atoms with van der Waals surface area (Å²) in [4.78, 5) is 14.3. The molecule has 1 rings (SSSR count). The average molecular weight is 230 g/mol. The minimum atomic E-state index is -0.802. The summed E-state index contributed by atoms with van der Waals surface area (Å²) < 4.78 is 6.38. The Balaban J connectivity index is 2.50. The molecule has 0 spiro atoms. The number of rotatable bonds is 6. The second-order valence-corrected chi connectivity index (χ2v) is 3.23. The van der Waals surface area contributed by atoms with Crippen LogP contribution < -0.4 is 5.73 Å². The molecular formula is C8H14N4O4. The van der Waals surface area contributed by atoms with Gasteiger partial charge in [0.25, 0.3) is 5.91 Å². The number of carbonyl (C=O) groups is 1. The summed E-state index contributed by atoms with van der Waals surface area (Å²) >= 11 is 0.